The third-order valence-electron chi connectivity index (χ3n) is 7.23. The summed E-state index contributed by atoms with van der Waals surface area (Å²) in [5.41, 5.74) is 3.97. The van der Waals surface area contributed by atoms with Crippen molar-refractivity contribution in [2.45, 2.75) is 71.5 Å². The van der Waals surface area contributed by atoms with Crippen LogP contribution in [0.1, 0.15) is 49.4 Å². The minimum Gasteiger partial charge on any atom is -0.352 e. The normalized spacial score (nSPS) is 12.9. The van der Waals surface area contributed by atoms with Gasteiger partial charge in [0.25, 0.3) is 10.0 Å². The maximum atomic E-state index is 14.1. The lowest BCUT2D eigenvalue weighted by atomic mass is 10.1. The van der Waals surface area contributed by atoms with Gasteiger partial charge in [0.2, 0.25) is 11.8 Å². The Labute approximate surface area is 232 Å². The molecule has 3 aromatic carbocycles. The van der Waals surface area contributed by atoms with E-state index in [9.17, 15) is 18.0 Å². The monoisotopic (exact) mass is 549 g/mol. The van der Waals surface area contributed by atoms with Gasteiger partial charge < -0.3 is 10.2 Å². The van der Waals surface area contributed by atoms with Gasteiger partial charge in [-0.25, -0.2) is 8.42 Å². The van der Waals surface area contributed by atoms with E-state index in [2.05, 4.69) is 5.32 Å². The number of hydrogen-bond donors (Lipinski definition) is 1. The zero-order valence-corrected chi connectivity index (χ0v) is 24.5. The summed E-state index contributed by atoms with van der Waals surface area (Å²) in [6.45, 7) is 11.0. The maximum absolute atomic E-state index is 14.1. The van der Waals surface area contributed by atoms with E-state index < -0.39 is 28.5 Å². The van der Waals surface area contributed by atoms with Crippen molar-refractivity contribution in [3.8, 4) is 0 Å². The van der Waals surface area contributed by atoms with Crippen LogP contribution in [-0.4, -0.2) is 43.8 Å². The average molecular weight is 550 g/mol. The van der Waals surface area contributed by atoms with Crippen LogP contribution in [0.5, 0.6) is 0 Å². The van der Waals surface area contributed by atoms with Gasteiger partial charge in [0, 0.05) is 12.6 Å². The highest BCUT2D eigenvalue weighted by Gasteiger charge is 2.33. The second-order valence-electron chi connectivity index (χ2n) is 9.99. The molecular weight excluding hydrogens is 510 g/mol. The van der Waals surface area contributed by atoms with Crippen LogP contribution in [0.2, 0.25) is 0 Å². The molecule has 39 heavy (non-hydrogen) atoms. The van der Waals surface area contributed by atoms with Crippen LogP contribution in [0.25, 0.3) is 0 Å². The lowest BCUT2D eigenvalue weighted by Gasteiger charge is -2.33. The Kier molecular flexibility index (Phi) is 9.92. The van der Waals surface area contributed by atoms with E-state index in [-0.39, 0.29) is 23.4 Å². The number of anilines is 1. The average Bonchev–Trinajstić information content (AvgIpc) is 2.92. The number of sulfonamides is 1. The maximum Gasteiger partial charge on any atom is 0.264 e. The molecule has 0 aromatic heterocycles. The standard InChI is InChI=1S/C31H39N3O4S/c1-7-24(4)32-31(36)26(6)33(20-27-16-12-11-14-23(27)3)30(35)21-34(29-19-13-15-22(2)25(29)5)39(37,38)28-17-9-8-10-18-28/h8-19,24,26H,7,20-21H2,1-6H3,(H,32,36)/t24-,26+/m0/s1. The largest absolute Gasteiger partial charge is 0.352 e. The number of benzene rings is 3. The highest BCUT2D eigenvalue weighted by molar-refractivity contribution is 7.92. The number of rotatable bonds is 11. The fourth-order valence-electron chi connectivity index (χ4n) is 4.26. The zero-order chi connectivity index (χ0) is 28.7. The molecule has 0 bridgehead atoms. The Morgan fingerprint density at radius 1 is 0.846 bits per heavy atom. The summed E-state index contributed by atoms with van der Waals surface area (Å²) in [5.74, 6) is -0.749. The summed E-state index contributed by atoms with van der Waals surface area (Å²) < 4.78 is 29.0. The Morgan fingerprint density at radius 2 is 1.46 bits per heavy atom. The van der Waals surface area contributed by atoms with Gasteiger partial charge in [-0.2, -0.15) is 0 Å². The molecule has 3 aromatic rings. The Morgan fingerprint density at radius 3 is 2.10 bits per heavy atom. The quantitative estimate of drug-likeness (QED) is 0.359. The molecule has 0 aliphatic carbocycles. The van der Waals surface area contributed by atoms with Crippen molar-refractivity contribution < 1.29 is 18.0 Å². The molecule has 1 N–H and O–H groups in total. The molecular formula is C31H39N3O4S. The number of carbonyl (C=O) groups excluding carboxylic acids is 2. The Bertz CT molecular complexity index is 1410. The van der Waals surface area contributed by atoms with Crippen molar-refractivity contribution in [2.24, 2.45) is 0 Å². The van der Waals surface area contributed by atoms with E-state index in [0.29, 0.717) is 5.69 Å². The van der Waals surface area contributed by atoms with Gasteiger partial charge in [0.05, 0.1) is 10.6 Å². The molecule has 0 unspecified atom stereocenters. The van der Waals surface area contributed by atoms with Gasteiger partial charge in [-0.3, -0.25) is 13.9 Å². The molecule has 0 radical (unpaired) electrons. The summed E-state index contributed by atoms with van der Waals surface area (Å²) in [7, 11) is -4.09. The van der Waals surface area contributed by atoms with E-state index in [4.69, 9.17) is 0 Å². The van der Waals surface area contributed by atoms with Gasteiger partial charge in [-0.15, -0.1) is 0 Å². The summed E-state index contributed by atoms with van der Waals surface area (Å²) in [6.07, 6.45) is 0.750. The second-order valence-corrected chi connectivity index (χ2v) is 11.8. The highest BCUT2D eigenvalue weighted by Crippen LogP contribution is 2.29. The third-order valence-corrected chi connectivity index (χ3v) is 9.00. The van der Waals surface area contributed by atoms with Gasteiger partial charge in [0.15, 0.2) is 0 Å². The van der Waals surface area contributed by atoms with Crippen molar-refractivity contribution in [1.29, 1.82) is 0 Å². The van der Waals surface area contributed by atoms with Crippen LogP contribution in [0.15, 0.2) is 77.7 Å². The van der Waals surface area contributed by atoms with Crippen molar-refractivity contribution in [2.75, 3.05) is 10.8 Å². The van der Waals surface area contributed by atoms with Crippen LogP contribution in [0.4, 0.5) is 5.69 Å². The molecule has 0 fully saturated rings. The molecule has 2 atom stereocenters. The Balaban J connectivity index is 2.07. The van der Waals surface area contributed by atoms with E-state index >= 15 is 0 Å². The lowest BCUT2D eigenvalue weighted by molar-refractivity contribution is -0.139. The lowest BCUT2D eigenvalue weighted by Crippen LogP contribution is -2.52. The third kappa shape index (κ3) is 7.06. The molecule has 3 rings (SSSR count). The summed E-state index contributed by atoms with van der Waals surface area (Å²) in [5, 5.41) is 2.96. The van der Waals surface area contributed by atoms with Crippen molar-refractivity contribution in [1.82, 2.24) is 10.2 Å². The summed E-state index contributed by atoms with van der Waals surface area (Å²) >= 11 is 0. The van der Waals surface area contributed by atoms with Crippen LogP contribution in [-0.2, 0) is 26.2 Å². The van der Waals surface area contributed by atoms with Gasteiger partial charge in [-0.1, -0.05) is 61.5 Å². The van der Waals surface area contributed by atoms with Crippen LogP contribution in [0.3, 0.4) is 0 Å². The molecule has 7 nitrogen and oxygen atoms in total. The summed E-state index contributed by atoms with van der Waals surface area (Å²) in [4.78, 5) is 28.8. The van der Waals surface area contributed by atoms with Gasteiger partial charge in [-0.05, 0) is 81.5 Å². The predicted octanol–water partition coefficient (Wildman–Crippen LogP) is 5.14. The van der Waals surface area contributed by atoms with E-state index in [1.807, 2.05) is 65.0 Å². The molecule has 208 valence electrons. The zero-order valence-electron chi connectivity index (χ0n) is 23.6. The van der Waals surface area contributed by atoms with Crippen molar-refractivity contribution in [3.63, 3.8) is 0 Å². The molecule has 0 aliphatic rings. The number of hydrogen-bond acceptors (Lipinski definition) is 4. The molecule has 0 saturated carbocycles. The van der Waals surface area contributed by atoms with Crippen LogP contribution >= 0.6 is 0 Å². The SMILES string of the molecule is CC[C@H](C)NC(=O)[C@@H](C)N(Cc1ccccc1C)C(=O)CN(c1cccc(C)c1C)S(=O)(=O)c1ccccc1. The fraction of sp³-hybridized carbons (Fsp3) is 0.355. The first kappa shape index (κ1) is 29.9. The number of amides is 2. The molecule has 0 spiro atoms. The number of nitrogens with one attached hydrogen (secondary N) is 1. The van der Waals surface area contributed by atoms with Crippen LogP contribution in [0, 0.1) is 20.8 Å². The first-order valence-corrected chi connectivity index (χ1v) is 14.7. The van der Waals surface area contributed by atoms with Gasteiger partial charge in [0.1, 0.15) is 12.6 Å². The smallest absolute Gasteiger partial charge is 0.264 e. The van der Waals surface area contributed by atoms with E-state index in [0.717, 1.165) is 33.0 Å². The van der Waals surface area contributed by atoms with Crippen LogP contribution < -0.4 is 9.62 Å². The van der Waals surface area contributed by atoms with Crippen molar-refractivity contribution >= 4 is 27.5 Å². The molecule has 0 heterocycles. The molecule has 0 saturated heterocycles. The fourth-order valence-corrected chi connectivity index (χ4v) is 5.75. The second kappa shape index (κ2) is 12.9. The molecule has 8 heteroatoms. The number of nitrogens with zero attached hydrogens (tertiary/aromatic N) is 2. The Hall–Kier alpha value is -3.65. The van der Waals surface area contributed by atoms with Gasteiger partial charge >= 0.3 is 0 Å². The first-order valence-electron chi connectivity index (χ1n) is 13.3. The first-order chi connectivity index (χ1) is 18.5. The van der Waals surface area contributed by atoms with Crippen molar-refractivity contribution in [3.05, 3.63) is 95.1 Å². The topological polar surface area (TPSA) is 86.8 Å². The van der Waals surface area contributed by atoms with E-state index in [1.165, 1.54) is 17.0 Å². The number of aryl methyl sites for hydroxylation is 2. The number of carbonyl (C=O) groups is 2. The minimum atomic E-state index is -4.09. The highest BCUT2D eigenvalue weighted by atomic mass is 32.2. The summed E-state index contributed by atoms with van der Waals surface area (Å²) in [6, 6.07) is 20.3. The minimum absolute atomic E-state index is 0.0553. The predicted molar refractivity (Wildman–Crippen MR) is 156 cm³/mol. The molecule has 0 aliphatic heterocycles. The molecule has 2 amide bonds. The van der Waals surface area contributed by atoms with E-state index in [1.54, 1.807) is 37.3 Å².